The Morgan fingerprint density at radius 1 is 1.25 bits per heavy atom. The molecule has 2 nitrogen and oxygen atoms in total. The highest BCUT2D eigenvalue weighted by atomic mass is 15.3. The molecule has 1 aliphatic heterocycles. The Kier molecular flexibility index (Phi) is 12.1. The van der Waals surface area contributed by atoms with Crippen LogP contribution in [0.5, 0.6) is 0 Å². The molecule has 0 amide bonds. The lowest BCUT2D eigenvalue weighted by Gasteiger charge is -2.08. The molecule has 0 aromatic heterocycles. The van der Waals surface area contributed by atoms with Gasteiger partial charge < -0.3 is 0 Å². The molecule has 0 spiro atoms. The van der Waals surface area contributed by atoms with Gasteiger partial charge in [-0.05, 0) is 24.6 Å². The maximum Gasteiger partial charge on any atom is 0.0902 e. The summed E-state index contributed by atoms with van der Waals surface area (Å²) in [5.74, 6) is 0. The van der Waals surface area contributed by atoms with Crippen molar-refractivity contribution in [2.75, 3.05) is 0 Å². The van der Waals surface area contributed by atoms with Gasteiger partial charge in [-0.1, -0.05) is 53.0 Å². The molecular formula is C14H24N2. The van der Waals surface area contributed by atoms with Crippen molar-refractivity contribution < 1.29 is 0 Å². The maximum atomic E-state index is 4.09. The van der Waals surface area contributed by atoms with Crippen LogP contribution in [-0.4, -0.2) is 5.71 Å². The molecule has 0 fully saturated rings. The minimum absolute atomic E-state index is 0.804. The van der Waals surface area contributed by atoms with E-state index in [1.165, 1.54) is 0 Å². The van der Waals surface area contributed by atoms with E-state index in [0.29, 0.717) is 0 Å². The molecule has 1 rings (SSSR count). The predicted octanol–water partition coefficient (Wildman–Crippen LogP) is 4.20. The van der Waals surface area contributed by atoms with Crippen molar-refractivity contribution in [3.63, 3.8) is 0 Å². The zero-order valence-corrected chi connectivity index (χ0v) is 11.2. The number of nitrogens with zero attached hydrogens (tertiary/aromatic N) is 1. The zero-order chi connectivity index (χ0) is 13.0. The van der Waals surface area contributed by atoms with Gasteiger partial charge in [-0.3, -0.25) is 5.43 Å². The second-order valence-electron chi connectivity index (χ2n) is 2.42. The molecule has 1 heterocycles. The summed E-state index contributed by atoms with van der Waals surface area (Å²) in [5.41, 5.74) is 5.51. The third-order valence-electron chi connectivity index (χ3n) is 1.59. The highest BCUT2D eigenvalue weighted by Gasteiger charge is 2.02. The van der Waals surface area contributed by atoms with Crippen LogP contribution in [0.4, 0.5) is 0 Å². The summed E-state index contributed by atoms with van der Waals surface area (Å²) in [7, 11) is 0. The molecule has 0 saturated heterocycles. The normalized spacial score (nSPS) is 13.4. The summed E-state index contributed by atoms with van der Waals surface area (Å²) >= 11 is 0. The van der Waals surface area contributed by atoms with E-state index < -0.39 is 0 Å². The quantitative estimate of drug-likeness (QED) is 0.693. The molecule has 1 N–H and O–H groups in total. The summed E-state index contributed by atoms with van der Waals surface area (Å²) in [6, 6.07) is 0. The number of rotatable bonds is 2. The van der Waals surface area contributed by atoms with Crippen LogP contribution in [0.3, 0.4) is 0 Å². The van der Waals surface area contributed by atoms with Gasteiger partial charge in [-0.25, -0.2) is 0 Å². The van der Waals surface area contributed by atoms with Crippen LogP contribution < -0.4 is 5.43 Å². The maximum absolute atomic E-state index is 4.09. The highest BCUT2D eigenvalue weighted by Crippen LogP contribution is 2.05. The zero-order valence-electron chi connectivity index (χ0n) is 11.2. The van der Waals surface area contributed by atoms with Crippen molar-refractivity contribution in [2.45, 2.75) is 34.6 Å². The van der Waals surface area contributed by atoms with Crippen LogP contribution in [0.15, 0.2) is 53.8 Å². The van der Waals surface area contributed by atoms with Crippen LogP contribution in [0.25, 0.3) is 0 Å². The van der Waals surface area contributed by atoms with Crippen LogP contribution in [0, 0.1) is 0 Å². The monoisotopic (exact) mass is 220 g/mol. The Morgan fingerprint density at radius 2 is 1.81 bits per heavy atom. The van der Waals surface area contributed by atoms with Crippen LogP contribution >= 0.6 is 0 Å². The van der Waals surface area contributed by atoms with Crippen molar-refractivity contribution >= 4 is 5.71 Å². The van der Waals surface area contributed by atoms with Gasteiger partial charge in [-0.2, -0.15) is 5.10 Å². The summed E-state index contributed by atoms with van der Waals surface area (Å²) in [5, 5.41) is 4.09. The van der Waals surface area contributed by atoms with Crippen molar-refractivity contribution in [3.05, 3.63) is 48.7 Å². The van der Waals surface area contributed by atoms with E-state index in [-0.39, 0.29) is 0 Å². The van der Waals surface area contributed by atoms with Crippen molar-refractivity contribution in [2.24, 2.45) is 5.10 Å². The molecule has 16 heavy (non-hydrogen) atoms. The highest BCUT2D eigenvalue weighted by molar-refractivity contribution is 6.10. The minimum Gasteiger partial charge on any atom is -0.279 e. The first-order valence-corrected chi connectivity index (χ1v) is 5.77. The Hall–Kier alpha value is -1.57. The average molecular weight is 220 g/mol. The topological polar surface area (TPSA) is 24.4 Å². The Morgan fingerprint density at radius 3 is 2.12 bits per heavy atom. The second kappa shape index (κ2) is 11.5. The van der Waals surface area contributed by atoms with Crippen LogP contribution in [0.2, 0.25) is 0 Å². The fourth-order valence-corrected chi connectivity index (χ4v) is 0.917. The molecule has 0 saturated carbocycles. The molecule has 2 heteroatoms. The van der Waals surface area contributed by atoms with Crippen LogP contribution in [0.1, 0.15) is 34.6 Å². The van der Waals surface area contributed by atoms with Gasteiger partial charge in [0, 0.05) is 5.70 Å². The Labute approximate surface area is 100 Å². The lowest BCUT2D eigenvalue weighted by molar-refractivity contribution is 0.914. The Balaban J connectivity index is 0. The molecule has 0 aromatic carbocycles. The lowest BCUT2D eigenvalue weighted by Crippen LogP contribution is -2.12. The summed E-state index contributed by atoms with van der Waals surface area (Å²) in [6.07, 6.45) is 7.54. The van der Waals surface area contributed by atoms with Gasteiger partial charge in [0.25, 0.3) is 0 Å². The van der Waals surface area contributed by atoms with Gasteiger partial charge >= 0.3 is 0 Å². The van der Waals surface area contributed by atoms with Crippen molar-refractivity contribution in [1.29, 1.82) is 0 Å². The molecule has 0 radical (unpaired) electrons. The standard InChI is InChI=1S/C10H12N2.2C2H6/c1-4-9(5-2)10-7-6-8(3)11-12-10;2*1-2/h4-7,11H,1,3H2,2H3;2*1-2H3/b9-5+;;. The second-order valence-corrected chi connectivity index (χ2v) is 2.42. The average Bonchev–Trinajstić information content (AvgIpc) is 2.38. The number of hydrazone groups is 1. The number of nitrogens with one attached hydrogen (secondary N) is 1. The van der Waals surface area contributed by atoms with Crippen molar-refractivity contribution in [3.8, 4) is 0 Å². The molecule has 0 atom stereocenters. The van der Waals surface area contributed by atoms with Crippen LogP contribution in [-0.2, 0) is 0 Å². The first-order chi connectivity index (χ1) is 7.77. The largest absolute Gasteiger partial charge is 0.279 e. The fourth-order valence-electron chi connectivity index (χ4n) is 0.917. The fraction of sp³-hybridized carbons (Fsp3) is 0.357. The first kappa shape index (κ1) is 16.8. The van der Waals surface area contributed by atoms with E-state index in [2.05, 4.69) is 23.7 Å². The minimum atomic E-state index is 0.804. The van der Waals surface area contributed by atoms with Gasteiger partial charge in [0.2, 0.25) is 0 Å². The van der Waals surface area contributed by atoms with Gasteiger partial charge in [0.15, 0.2) is 0 Å². The van der Waals surface area contributed by atoms with E-state index in [1.54, 1.807) is 6.08 Å². The number of hydrogen-bond acceptors (Lipinski definition) is 2. The number of hydrogen-bond donors (Lipinski definition) is 1. The lowest BCUT2D eigenvalue weighted by atomic mass is 10.1. The molecule has 0 aromatic rings. The third kappa shape index (κ3) is 6.02. The number of allylic oxidation sites excluding steroid dienone is 5. The summed E-state index contributed by atoms with van der Waals surface area (Å²) < 4.78 is 0. The molecule has 0 aliphatic carbocycles. The molecule has 1 aliphatic rings. The smallest absolute Gasteiger partial charge is 0.0902 e. The summed E-state index contributed by atoms with van der Waals surface area (Å²) in [6.45, 7) is 17.4. The van der Waals surface area contributed by atoms with E-state index in [0.717, 1.165) is 17.0 Å². The molecule has 90 valence electrons. The molecular weight excluding hydrogens is 196 g/mol. The molecule has 0 bridgehead atoms. The third-order valence-corrected chi connectivity index (χ3v) is 1.59. The predicted molar refractivity (Wildman–Crippen MR) is 75.5 cm³/mol. The van der Waals surface area contributed by atoms with E-state index >= 15 is 0 Å². The van der Waals surface area contributed by atoms with E-state index in [4.69, 9.17) is 0 Å². The Bertz CT molecular complexity index is 294. The van der Waals surface area contributed by atoms with Gasteiger partial charge in [0.05, 0.1) is 5.71 Å². The summed E-state index contributed by atoms with van der Waals surface area (Å²) in [4.78, 5) is 0. The van der Waals surface area contributed by atoms with E-state index in [9.17, 15) is 0 Å². The van der Waals surface area contributed by atoms with Gasteiger partial charge in [-0.15, -0.1) is 0 Å². The SMILES string of the molecule is C=C/C(=C\C)C1=NNC(=C)C=C1.CC.CC. The molecule has 0 unspecified atom stereocenters. The van der Waals surface area contributed by atoms with E-state index in [1.807, 2.05) is 52.8 Å². The van der Waals surface area contributed by atoms with Crippen molar-refractivity contribution in [1.82, 2.24) is 5.43 Å². The van der Waals surface area contributed by atoms with Gasteiger partial charge in [0.1, 0.15) is 0 Å². The first-order valence-electron chi connectivity index (χ1n) is 5.77.